The van der Waals surface area contributed by atoms with E-state index in [0.29, 0.717) is 12.5 Å². The standard InChI is InChI=1S/C21H28N4O3/c26-17-3-1-16(2-4-17)21(27)25-11-8-15(9-12-25)14-28-18-5-6-19(22-13-18)20-7-10-23-24-20/h5-7,10,13,15-17,26H,1-4,8-9,11-12,14H2,(H,23,24)/t16-,17+. The summed E-state index contributed by atoms with van der Waals surface area (Å²) >= 11 is 0. The van der Waals surface area contributed by atoms with Crippen molar-refractivity contribution < 1.29 is 14.6 Å². The number of hydrogen-bond donors (Lipinski definition) is 2. The zero-order valence-corrected chi connectivity index (χ0v) is 16.1. The second-order valence-electron chi connectivity index (χ2n) is 7.93. The Kier molecular flexibility index (Phi) is 5.90. The summed E-state index contributed by atoms with van der Waals surface area (Å²) in [7, 11) is 0. The van der Waals surface area contributed by atoms with Gasteiger partial charge < -0.3 is 14.7 Å². The highest BCUT2D eigenvalue weighted by atomic mass is 16.5. The Morgan fingerprint density at radius 3 is 2.57 bits per heavy atom. The maximum absolute atomic E-state index is 12.7. The minimum atomic E-state index is -0.213. The largest absolute Gasteiger partial charge is 0.492 e. The van der Waals surface area contributed by atoms with Crippen molar-refractivity contribution in [3.8, 4) is 17.1 Å². The Balaban J connectivity index is 1.21. The van der Waals surface area contributed by atoms with E-state index in [2.05, 4.69) is 15.2 Å². The van der Waals surface area contributed by atoms with Crippen LogP contribution in [0.2, 0.25) is 0 Å². The third-order valence-electron chi connectivity index (χ3n) is 5.97. The molecule has 0 radical (unpaired) electrons. The topological polar surface area (TPSA) is 91.3 Å². The Labute approximate surface area is 165 Å². The molecule has 7 nitrogen and oxygen atoms in total. The second kappa shape index (κ2) is 8.73. The molecule has 1 saturated heterocycles. The summed E-state index contributed by atoms with van der Waals surface area (Å²) in [6.07, 6.45) is 8.34. The third kappa shape index (κ3) is 4.52. The highest BCUT2D eigenvalue weighted by molar-refractivity contribution is 5.79. The first-order valence-corrected chi connectivity index (χ1v) is 10.2. The molecule has 150 valence electrons. The van der Waals surface area contributed by atoms with Crippen molar-refractivity contribution in [1.82, 2.24) is 20.1 Å². The van der Waals surface area contributed by atoms with Crippen LogP contribution in [-0.2, 0) is 4.79 Å². The van der Waals surface area contributed by atoms with Gasteiger partial charge >= 0.3 is 0 Å². The lowest BCUT2D eigenvalue weighted by Gasteiger charge is -2.35. The zero-order chi connectivity index (χ0) is 19.3. The van der Waals surface area contributed by atoms with E-state index in [1.165, 1.54) is 0 Å². The van der Waals surface area contributed by atoms with Crippen LogP contribution >= 0.6 is 0 Å². The molecule has 0 unspecified atom stereocenters. The number of aliphatic hydroxyl groups is 1. The smallest absolute Gasteiger partial charge is 0.225 e. The number of carbonyl (C=O) groups excluding carboxylic acids is 1. The summed E-state index contributed by atoms with van der Waals surface area (Å²) in [5, 5.41) is 16.5. The number of aromatic amines is 1. The van der Waals surface area contributed by atoms with E-state index in [1.807, 2.05) is 23.1 Å². The van der Waals surface area contributed by atoms with Crippen LogP contribution in [0.3, 0.4) is 0 Å². The van der Waals surface area contributed by atoms with Crippen LogP contribution in [0.5, 0.6) is 5.75 Å². The van der Waals surface area contributed by atoms with Gasteiger partial charge in [0.1, 0.15) is 5.75 Å². The predicted octanol–water partition coefficient (Wildman–Crippen LogP) is 2.64. The van der Waals surface area contributed by atoms with Gasteiger partial charge in [0, 0.05) is 25.2 Å². The summed E-state index contributed by atoms with van der Waals surface area (Å²) in [5.41, 5.74) is 1.72. The quantitative estimate of drug-likeness (QED) is 0.827. The molecule has 4 rings (SSSR count). The van der Waals surface area contributed by atoms with Crippen molar-refractivity contribution in [3.63, 3.8) is 0 Å². The number of H-pyrrole nitrogens is 1. The number of hydrogen-bond acceptors (Lipinski definition) is 5. The molecule has 28 heavy (non-hydrogen) atoms. The normalized spacial score (nSPS) is 23.5. The Hall–Kier alpha value is -2.41. The summed E-state index contributed by atoms with van der Waals surface area (Å²) in [6.45, 7) is 2.27. The minimum Gasteiger partial charge on any atom is -0.492 e. The molecule has 2 N–H and O–H groups in total. The molecule has 0 atom stereocenters. The fourth-order valence-electron chi connectivity index (χ4n) is 4.14. The third-order valence-corrected chi connectivity index (χ3v) is 5.97. The van der Waals surface area contributed by atoms with Crippen molar-refractivity contribution in [3.05, 3.63) is 30.6 Å². The van der Waals surface area contributed by atoms with Crippen LogP contribution in [-0.4, -0.2) is 56.9 Å². The lowest BCUT2D eigenvalue weighted by molar-refractivity contribution is -0.138. The number of aliphatic hydroxyl groups excluding tert-OH is 1. The van der Waals surface area contributed by atoms with Gasteiger partial charge in [-0.25, -0.2) is 0 Å². The van der Waals surface area contributed by atoms with Gasteiger partial charge in [0.2, 0.25) is 5.91 Å². The molecule has 0 spiro atoms. The van der Waals surface area contributed by atoms with E-state index in [4.69, 9.17) is 4.74 Å². The number of likely N-dealkylation sites (tertiary alicyclic amines) is 1. The van der Waals surface area contributed by atoms with Crippen molar-refractivity contribution in [2.45, 2.75) is 44.6 Å². The molecule has 1 amide bonds. The zero-order valence-electron chi connectivity index (χ0n) is 16.1. The monoisotopic (exact) mass is 384 g/mol. The number of ether oxygens (including phenoxy) is 1. The molecule has 2 aromatic heterocycles. The summed E-state index contributed by atoms with van der Waals surface area (Å²) in [6, 6.07) is 5.73. The van der Waals surface area contributed by atoms with E-state index in [0.717, 1.165) is 68.8 Å². The van der Waals surface area contributed by atoms with Gasteiger partial charge in [-0.1, -0.05) is 0 Å². The van der Waals surface area contributed by atoms with Gasteiger partial charge in [-0.3, -0.25) is 14.9 Å². The number of aromatic nitrogens is 3. The highest BCUT2D eigenvalue weighted by Crippen LogP contribution is 2.28. The van der Waals surface area contributed by atoms with Gasteiger partial charge in [-0.15, -0.1) is 0 Å². The second-order valence-corrected chi connectivity index (χ2v) is 7.93. The lowest BCUT2D eigenvalue weighted by Crippen LogP contribution is -2.43. The average Bonchev–Trinajstić information content (AvgIpc) is 3.28. The van der Waals surface area contributed by atoms with E-state index < -0.39 is 0 Å². The average molecular weight is 384 g/mol. The molecule has 7 heteroatoms. The number of nitrogens with zero attached hydrogens (tertiary/aromatic N) is 3. The molecule has 2 aromatic rings. The fraction of sp³-hybridized carbons (Fsp3) is 0.571. The number of rotatable bonds is 5. The minimum absolute atomic E-state index is 0.107. The summed E-state index contributed by atoms with van der Waals surface area (Å²) < 4.78 is 5.92. The summed E-state index contributed by atoms with van der Waals surface area (Å²) in [4.78, 5) is 19.1. The van der Waals surface area contributed by atoms with Crippen LogP contribution in [0.4, 0.5) is 0 Å². The van der Waals surface area contributed by atoms with Crippen molar-refractivity contribution in [2.24, 2.45) is 11.8 Å². The Morgan fingerprint density at radius 2 is 1.93 bits per heavy atom. The fourth-order valence-corrected chi connectivity index (χ4v) is 4.14. The number of amides is 1. The van der Waals surface area contributed by atoms with Gasteiger partial charge in [0.25, 0.3) is 0 Å². The molecule has 2 fully saturated rings. The molecular formula is C21H28N4O3. The maximum atomic E-state index is 12.7. The van der Waals surface area contributed by atoms with E-state index >= 15 is 0 Å². The molecule has 1 saturated carbocycles. The van der Waals surface area contributed by atoms with Gasteiger partial charge in [-0.05, 0) is 62.6 Å². The Bertz CT molecular complexity index is 746. The first kappa shape index (κ1) is 18.9. The van der Waals surface area contributed by atoms with Crippen molar-refractivity contribution in [1.29, 1.82) is 0 Å². The molecule has 2 aliphatic rings. The van der Waals surface area contributed by atoms with E-state index in [9.17, 15) is 9.90 Å². The first-order chi connectivity index (χ1) is 13.7. The van der Waals surface area contributed by atoms with Crippen LogP contribution in [0.15, 0.2) is 30.6 Å². The SMILES string of the molecule is O=C([C@H]1CC[C@@H](O)CC1)N1CCC(COc2ccc(-c3ccn[nH]3)nc2)CC1. The molecular weight excluding hydrogens is 356 g/mol. The first-order valence-electron chi connectivity index (χ1n) is 10.2. The van der Waals surface area contributed by atoms with Crippen LogP contribution in [0.25, 0.3) is 11.4 Å². The molecule has 1 aliphatic heterocycles. The van der Waals surface area contributed by atoms with Crippen LogP contribution in [0, 0.1) is 11.8 Å². The van der Waals surface area contributed by atoms with Crippen molar-refractivity contribution >= 4 is 5.91 Å². The maximum Gasteiger partial charge on any atom is 0.225 e. The van der Waals surface area contributed by atoms with Gasteiger partial charge in [-0.2, -0.15) is 5.10 Å². The van der Waals surface area contributed by atoms with Crippen molar-refractivity contribution in [2.75, 3.05) is 19.7 Å². The van der Waals surface area contributed by atoms with E-state index in [-0.39, 0.29) is 17.9 Å². The van der Waals surface area contributed by atoms with Crippen LogP contribution in [0.1, 0.15) is 38.5 Å². The number of nitrogens with one attached hydrogen (secondary N) is 1. The lowest BCUT2D eigenvalue weighted by atomic mass is 9.86. The molecule has 0 bridgehead atoms. The van der Waals surface area contributed by atoms with Crippen LogP contribution < -0.4 is 4.74 Å². The van der Waals surface area contributed by atoms with Gasteiger partial charge in [0.15, 0.2) is 0 Å². The summed E-state index contributed by atoms with van der Waals surface area (Å²) in [5.74, 6) is 1.62. The van der Waals surface area contributed by atoms with E-state index in [1.54, 1.807) is 12.4 Å². The molecule has 0 aromatic carbocycles. The number of piperidine rings is 1. The highest BCUT2D eigenvalue weighted by Gasteiger charge is 2.31. The molecule has 3 heterocycles. The number of pyridine rings is 1. The number of carbonyl (C=O) groups is 1. The Morgan fingerprint density at radius 1 is 1.14 bits per heavy atom. The predicted molar refractivity (Wildman–Crippen MR) is 105 cm³/mol. The molecule has 1 aliphatic carbocycles. The van der Waals surface area contributed by atoms with Gasteiger partial charge in [0.05, 0.1) is 30.3 Å².